The molecule has 3 amide bonds. The minimum atomic E-state index is -1.13. The first-order valence-electron chi connectivity index (χ1n) is 7.41. The number of rotatable bonds is 7. The number of amides is 3. The molecule has 6 heteroatoms. The van der Waals surface area contributed by atoms with Crippen LogP contribution in [0.3, 0.4) is 0 Å². The van der Waals surface area contributed by atoms with Crippen LogP contribution in [0.1, 0.15) is 44.8 Å². The second kappa shape index (κ2) is 9.55. The van der Waals surface area contributed by atoms with E-state index in [2.05, 4.69) is 10.6 Å². The van der Waals surface area contributed by atoms with Gasteiger partial charge in [0.15, 0.2) is 0 Å². The number of unbranched alkanes of at least 4 members (excludes halogenated alkanes) is 1. The van der Waals surface area contributed by atoms with Crippen molar-refractivity contribution in [3.63, 3.8) is 0 Å². The predicted octanol–water partition coefficient (Wildman–Crippen LogP) is 2.31. The van der Waals surface area contributed by atoms with Gasteiger partial charge in [0.1, 0.15) is 0 Å². The molecular weight excluding hydrogens is 284 g/mol. The SMILES string of the molecule is CCCCC(=O)O[C@H](C(=O)NC(=O)NCC)c1ccccc1. The van der Waals surface area contributed by atoms with Gasteiger partial charge >= 0.3 is 12.0 Å². The smallest absolute Gasteiger partial charge is 0.321 e. The first kappa shape index (κ1) is 17.7. The van der Waals surface area contributed by atoms with E-state index in [4.69, 9.17) is 4.74 Å². The molecule has 0 spiro atoms. The molecule has 0 bridgehead atoms. The zero-order valence-corrected chi connectivity index (χ0v) is 12.9. The number of ether oxygens (including phenoxy) is 1. The fourth-order valence-electron chi connectivity index (χ4n) is 1.79. The van der Waals surface area contributed by atoms with Gasteiger partial charge in [0.05, 0.1) is 0 Å². The van der Waals surface area contributed by atoms with Crippen molar-refractivity contribution in [3.05, 3.63) is 35.9 Å². The molecule has 0 radical (unpaired) electrons. The van der Waals surface area contributed by atoms with E-state index in [1.165, 1.54) is 0 Å². The van der Waals surface area contributed by atoms with E-state index in [0.29, 0.717) is 18.5 Å². The Morgan fingerprint density at radius 1 is 1.14 bits per heavy atom. The van der Waals surface area contributed by atoms with Gasteiger partial charge in [-0.25, -0.2) is 4.79 Å². The van der Waals surface area contributed by atoms with Gasteiger partial charge in [0.2, 0.25) is 6.10 Å². The Kier molecular flexibility index (Phi) is 7.67. The van der Waals surface area contributed by atoms with Crippen LogP contribution in [0.4, 0.5) is 4.79 Å². The molecule has 0 fully saturated rings. The van der Waals surface area contributed by atoms with E-state index >= 15 is 0 Å². The third-order valence-electron chi connectivity index (χ3n) is 2.90. The fourth-order valence-corrected chi connectivity index (χ4v) is 1.79. The molecule has 0 aliphatic rings. The van der Waals surface area contributed by atoms with Crippen molar-refractivity contribution < 1.29 is 19.1 Å². The number of carbonyl (C=O) groups excluding carboxylic acids is 3. The van der Waals surface area contributed by atoms with E-state index in [-0.39, 0.29) is 6.42 Å². The monoisotopic (exact) mass is 306 g/mol. The summed E-state index contributed by atoms with van der Waals surface area (Å²) in [5, 5.41) is 4.63. The molecule has 1 rings (SSSR count). The molecule has 120 valence electrons. The normalized spacial score (nSPS) is 11.4. The largest absolute Gasteiger partial charge is 0.447 e. The number of hydrogen-bond acceptors (Lipinski definition) is 4. The molecule has 0 unspecified atom stereocenters. The summed E-state index contributed by atoms with van der Waals surface area (Å²) in [4.78, 5) is 35.5. The number of benzene rings is 1. The van der Waals surface area contributed by atoms with Crippen molar-refractivity contribution in [1.29, 1.82) is 0 Å². The zero-order valence-electron chi connectivity index (χ0n) is 12.9. The molecule has 0 aliphatic carbocycles. The van der Waals surface area contributed by atoms with Crippen molar-refractivity contribution in [2.24, 2.45) is 0 Å². The standard InChI is InChI=1S/C16H22N2O4/c1-3-5-11-13(19)22-14(12-9-7-6-8-10-12)15(20)18-16(21)17-4-2/h6-10,14H,3-5,11H2,1-2H3,(H2,17,18,20,21)/t14-/m0/s1. The minimum Gasteiger partial charge on any atom is -0.447 e. The molecule has 2 N–H and O–H groups in total. The number of hydrogen-bond donors (Lipinski definition) is 2. The highest BCUT2D eigenvalue weighted by atomic mass is 16.5. The molecule has 0 heterocycles. The highest BCUT2D eigenvalue weighted by molar-refractivity contribution is 5.97. The lowest BCUT2D eigenvalue weighted by Crippen LogP contribution is -2.42. The minimum absolute atomic E-state index is 0.244. The quantitative estimate of drug-likeness (QED) is 0.757. The Morgan fingerprint density at radius 2 is 1.82 bits per heavy atom. The lowest BCUT2D eigenvalue weighted by atomic mass is 10.1. The van der Waals surface area contributed by atoms with Gasteiger partial charge in [-0.15, -0.1) is 0 Å². The van der Waals surface area contributed by atoms with Crippen LogP contribution in [0.5, 0.6) is 0 Å². The first-order chi connectivity index (χ1) is 10.6. The van der Waals surface area contributed by atoms with Gasteiger partial charge in [0, 0.05) is 18.5 Å². The summed E-state index contributed by atoms with van der Waals surface area (Å²) >= 11 is 0. The summed E-state index contributed by atoms with van der Waals surface area (Å²) in [6.45, 7) is 4.10. The fraction of sp³-hybridized carbons (Fsp3) is 0.438. The topological polar surface area (TPSA) is 84.5 Å². The Morgan fingerprint density at radius 3 is 2.41 bits per heavy atom. The maximum Gasteiger partial charge on any atom is 0.321 e. The average molecular weight is 306 g/mol. The van der Waals surface area contributed by atoms with Crippen LogP contribution in [-0.4, -0.2) is 24.5 Å². The van der Waals surface area contributed by atoms with E-state index in [1.54, 1.807) is 37.3 Å². The number of carbonyl (C=O) groups is 3. The highest BCUT2D eigenvalue weighted by Crippen LogP contribution is 2.18. The Bertz CT molecular complexity index is 502. The molecule has 1 aromatic rings. The van der Waals surface area contributed by atoms with Gasteiger partial charge < -0.3 is 10.1 Å². The lowest BCUT2D eigenvalue weighted by molar-refractivity contribution is -0.156. The molecular formula is C16H22N2O4. The average Bonchev–Trinajstić information content (AvgIpc) is 2.51. The molecule has 6 nitrogen and oxygen atoms in total. The number of nitrogens with one attached hydrogen (secondary N) is 2. The summed E-state index contributed by atoms with van der Waals surface area (Å²) in [6, 6.07) is 8.01. The molecule has 0 saturated heterocycles. The molecule has 22 heavy (non-hydrogen) atoms. The molecule has 0 aliphatic heterocycles. The number of esters is 1. The van der Waals surface area contributed by atoms with Crippen LogP contribution in [0.25, 0.3) is 0 Å². The van der Waals surface area contributed by atoms with E-state index in [9.17, 15) is 14.4 Å². The maximum atomic E-state index is 12.2. The summed E-state index contributed by atoms with van der Waals surface area (Å²) in [5.41, 5.74) is 0.522. The summed E-state index contributed by atoms with van der Waals surface area (Å²) in [7, 11) is 0. The highest BCUT2D eigenvalue weighted by Gasteiger charge is 2.26. The Labute approximate surface area is 130 Å². The van der Waals surface area contributed by atoms with E-state index in [0.717, 1.165) is 6.42 Å². The van der Waals surface area contributed by atoms with Crippen LogP contribution in [0.2, 0.25) is 0 Å². The summed E-state index contributed by atoms with van der Waals surface area (Å²) in [6.07, 6.45) is 0.663. The predicted molar refractivity (Wildman–Crippen MR) is 82.0 cm³/mol. The van der Waals surface area contributed by atoms with Gasteiger partial charge in [-0.1, -0.05) is 43.7 Å². The molecule has 1 atom stereocenters. The number of urea groups is 1. The van der Waals surface area contributed by atoms with Crippen LogP contribution in [0.15, 0.2) is 30.3 Å². The van der Waals surface area contributed by atoms with Crippen LogP contribution in [-0.2, 0) is 14.3 Å². The van der Waals surface area contributed by atoms with Crippen LogP contribution >= 0.6 is 0 Å². The zero-order chi connectivity index (χ0) is 16.4. The number of imide groups is 1. The maximum absolute atomic E-state index is 12.2. The van der Waals surface area contributed by atoms with Crippen molar-refractivity contribution in [2.75, 3.05) is 6.54 Å². The Balaban J connectivity index is 2.80. The lowest BCUT2D eigenvalue weighted by Gasteiger charge is -2.17. The third-order valence-corrected chi connectivity index (χ3v) is 2.90. The Hall–Kier alpha value is -2.37. The van der Waals surface area contributed by atoms with Crippen molar-refractivity contribution in [3.8, 4) is 0 Å². The molecule has 1 aromatic carbocycles. The van der Waals surface area contributed by atoms with Crippen molar-refractivity contribution in [1.82, 2.24) is 10.6 Å². The van der Waals surface area contributed by atoms with Crippen LogP contribution in [0, 0.1) is 0 Å². The van der Waals surface area contributed by atoms with Gasteiger partial charge in [-0.05, 0) is 13.3 Å². The van der Waals surface area contributed by atoms with Crippen molar-refractivity contribution in [2.45, 2.75) is 39.2 Å². The molecule has 0 saturated carbocycles. The second-order valence-electron chi connectivity index (χ2n) is 4.73. The van der Waals surface area contributed by atoms with Crippen LogP contribution < -0.4 is 10.6 Å². The van der Waals surface area contributed by atoms with Gasteiger partial charge in [-0.2, -0.15) is 0 Å². The third kappa shape index (κ3) is 5.95. The summed E-state index contributed by atoms with van der Waals surface area (Å²) < 4.78 is 5.25. The van der Waals surface area contributed by atoms with Crippen molar-refractivity contribution >= 4 is 17.9 Å². The van der Waals surface area contributed by atoms with Gasteiger partial charge in [-0.3, -0.25) is 14.9 Å². The van der Waals surface area contributed by atoms with E-state index < -0.39 is 24.0 Å². The molecule has 0 aromatic heterocycles. The first-order valence-corrected chi connectivity index (χ1v) is 7.41. The van der Waals surface area contributed by atoms with E-state index in [1.807, 2.05) is 6.92 Å². The summed E-state index contributed by atoms with van der Waals surface area (Å²) in [5.74, 6) is -1.12. The second-order valence-corrected chi connectivity index (χ2v) is 4.73. The van der Waals surface area contributed by atoms with Gasteiger partial charge in [0.25, 0.3) is 5.91 Å².